The number of pyridine rings is 1. The van der Waals surface area contributed by atoms with Crippen molar-refractivity contribution in [3.63, 3.8) is 0 Å². The molecule has 228 valence electrons. The molecular formula is C31H30Cl2N6O4S. The second kappa shape index (κ2) is 10.5. The van der Waals surface area contributed by atoms with Crippen LogP contribution in [0.1, 0.15) is 37.7 Å². The minimum atomic E-state index is -4.03. The minimum Gasteiger partial charge on any atom is -0.336 e. The number of fused-ring (bicyclic) bond motifs is 1. The Morgan fingerprint density at radius 3 is 2.36 bits per heavy atom. The number of sulfone groups is 1. The molecular weight excluding hydrogens is 623 g/mol. The topological polar surface area (TPSA) is 126 Å². The van der Waals surface area contributed by atoms with Gasteiger partial charge in [0.1, 0.15) is 18.1 Å². The molecule has 2 N–H and O–H groups in total. The van der Waals surface area contributed by atoms with Gasteiger partial charge in [-0.2, -0.15) is 0 Å². The van der Waals surface area contributed by atoms with E-state index in [1.807, 2.05) is 18.2 Å². The zero-order valence-corrected chi connectivity index (χ0v) is 26.2. The summed E-state index contributed by atoms with van der Waals surface area (Å²) in [7, 11) is -2.26. The SMILES string of the molecule is CNC1(NC(=O)[C@@H]2CC(S(=O)(=O)c3ccc(-n4ccc5ncnc-5c4)cc3Cl)CN2C(=O)C2(c3ccc(Cl)cc3)CC2)CC1. The number of halogens is 2. The Balaban J connectivity index is 1.19. The summed E-state index contributed by atoms with van der Waals surface area (Å²) in [6.07, 6.45) is 7.78. The first-order valence-corrected chi connectivity index (χ1v) is 16.8. The molecule has 1 unspecified atom stereocenters. The molecule has 0 radical (unpaired) electrons. The van der Waals surface area contributed by atoms with Crippen LogP contribution in [0.2, 0.25) is 10.0 Å². The van der Waals surface area contributed by atoms with Crippen molar-refractivity contribution >= 4 is 44.9 Å². The van der Waals surface area contributed by atoms with Crippen LogP contribution in [0.15, 0.2) is 72.1 Å². The van der Waals surface area contributed by atoms with E-state index in [4.69, 9.17) is 23.2 Å². The van der Waals surface area contributed by atoms with E-state index in [1.54, 1.807) is 48.3 Å². The van der Waals surface area contributed by atoms with Crippen LogP contribution in [0.3, 0.4) is 0 Å². The molecule has 2 saturated carbocycles. The van der Waals surface area contributed by atoms with Crippen LogP contribution in [0, 0.1) is 0 Å². The van der Waals surface area contributed by atoms with Crippen molar-refractivity contribution in [2.75, 3.05) is 13.6 Å². The average molecular weight is 654 g/mol. The van der Waals surface area contributed by atoms with Gasteiger partial charge in [-0.15, -0.1) is 0 Å². The van der Waals surface area contributed by atoms with Crippen molar-refractivity contribution in [1.82, 2.24) is 30.1 Å². The lowest BCUT2D eigenvalue weighted by atomic mass is 9.94. The summed E-state index contributed by atoms with van der Waals surface area (Å²) in [4.78, 5) is 37.7. The van der Waals surface area contributed by atoms with Gasteiger partial charge in [-0.25, -0.2) is 18.4 Å². The van der Waals surface area contributed by atoms with Gasteiger partial charge in [0.25, 0.3) is 0 Å². The molecule has 7 rings (SSSR count). The summed E-state index contributed by atoms with van der Waals surface area (Å²) in [5.41, 5.74) is 1.58. The highest BCUT2D eigenvalue weighted by Gasteiger charge is 2.58. The van der Waals surface area contributed by atoms with Crippen LogP contribution < -0.4 is 10.6 Å². The van der Waals surface area contributed by atoms with Crippen molar-refractivity contribution in [1.29, 1.82) is 0 Å². The van der Waals surface area contributed by atoms with Gasteiger partial charge in [0.15, 0.2) is 9.84 Å². The molecule has 2 amide bonds. The summed E-state index contributed by atoms with van der Waals surface area (Å²) >= 11 is 12.7. The molecule has 0 aromatic heterocycles. The first-order chi connectivity index (χ1) is 21.0. The number of benzene rings is 2. The number of hydrogen-bond acceptors (Lipinski definition) is 7. The van der Waals surface area contributed by atoms with Gasteiger partial charge in [-0.05, 0) is 81.1 Å². The van der Waals surface area contributed by atoms with Crippen LogP contribution >= 0.6 is 23.2 Å². The largest absolute Gasteiger partial charge is 0.336 e. The highest BCUT2D eigenvalue weighted by Crippen LogP contribution is 2.51. The molecule has 2 aromatic carbocycles. The molecule has 13 heteroatoms. The number of carbonyl (C=O) groups is 2. The van der Waals surface area contributed by atoms with Crippen LogP contribution in [-0.4, -0.2) is 70.2 Å². The van der Waals surface area contributed by atoms with E-state index in [1.165, 1.54) is 17.3 Å². The van der Waals surface area contributed by atoms with Crippen molar-refractivity contribution in [3.05, 3.63) is 82.9 Å². The van der Waals surface area contributed by atoms with Crippen molar-refractivity contribution in [2.24, 2.45) is 0 Å². The molecule has 2 atom stereocenters. The van der Waals surface area contributed by atoms with E-state index in [0.29, 0.717) is 29.2 Å². The van der Waals surface area contributed by atoms with Gasteiger partial charge in [-0.3, -0.25) is 14.9 Å². The monoisotopic (exact) mass is 652 g/mol. The Hall–Kier alpha value is -3.51. The molecule has 0 bridgehead atoms. The molecule has 2 aliphatic carbocycles. The van der Waals surface area contributed by atoms with Gasteiger partial charge < -0.3 is 14.8 Å². The van der Waals surface area contributed by atoms with Crippen LogP contribution in [0.25, 0.3) is 17.1 Å². The Bertz CT molecular complexity index is 1850. The van der Waals surface area contributed by atoms with E-state index in [-0.39, 0.29) is 34.7 Å². The van der Waals surface area contributed by atoms with Crippen molar-refractivity contribution < 1.29 is 18.0 Å². The molecule has 44 heavy (non-hydrogen) atoms. The second-order valence-corrected chi connectivity index (χ2v) is 14.9. The number of nitrogens with zero attached hydrogens (tertiary/aromatic N) is 4. The summed E-state index contributed by atoms with van der Waals surface area (Å²) in [6.45, 7) is -0.111. The summed E-state index contributed by atoms with van der Waals surface area (Å²) in [5.74, 6) is -0.602. The number of rotatable bonds is 8. The molecule has 0 spiro atoms. The third-order valence-corrected chi connectivity index (χ3v) is 12.1. The lowest BCUT2D eigenvalue weighted by Crippen LogP contribution is -2.54. The highest BCUT2D eigenvalue weighted by atomic mass is 35.5. The zero-order valence-electron chi connectivity index (χ0n) is 23.8. The molecule has 1 saturated heterocycles. The summed E-state index contributed by atoms with van der Waals surface area (Å²) in [6, 6.07) is 12.7. The van der Waals surface area contributed by atoms with Crippen LogP contribution in [0.4, 0.5) is 0 Å². The summed E-state index contributed by atoms with van der Waals surface area (Å²) < 4.78 is 30.0. The van der Waals surface area contributed by atoms with Gasteiger partial charge >= 0.3 is 0 Å². The fraction of sp³-hybridized carbons (Fsp3) is 0.355. The standard InChI is InChI=1S/C31H30Cl2N6O4S/c1-34-31(11-12-31)37-28(40)26-15-22(16-39(26)29(41)30(9-10-30)19-2-4-20(32)5-3-19)44(42,43)27-7-6-21(14-23(27)33)38-13-8-24-25(17-38)36-18-35-24/h2-8,13-14,17-18,22,26,34H,9-12,15-16H2,1H3,(H,37,40)/t22?,26-/m0/s1. The zero-order chi connectivity index (χ0) is 30.9. The quantitative estimate of drug-likeness (QED) is 0.276. The first kappa shape index (κ1) is 29.2. The maximum Gasteiger partial charge on any atom is 0.244 e. The average Bonchev–Trinajstić information content (AvgIpc) is 3.88. The molecule has 3 fully saturated rings. The Kier molecular flexibility index (Phi) is 7.00. The molecule has 3 heterocycles. The van der Waals surface area contributed by atoms with E-state index >= 15 is 0 Å². The number of carbonyl (C=O) groups excluding carboxylic acids is 2. The van der Waals surface area contributed by atoms with Gasteiger partial charge in [0.05, 0.1) is 31.9 Å². The van der Waals surface area contributed by atoms with E-state index in [0.717, 1.165) is 24.1 Å². The predicted octanol–water partition coefficient (Wildman–Crippen LogP) is 3.98. The fourth-order valence-corrected chi connectivity index (χ4v) is 8.60. The van der Waals surface area contributed by atoms with Gasteiger partial charge in [0.2, 0.25) is 11.8 Å². The van der Waals surface area contributed by atoms with Gasteiger partial charge in [0, 0.05) is 29.6 Å². The number of amides is 2. The number of hydrogen-bond donors (Lipinski definition) is 2. The Morgan fingerprint density at radius 1 is 0.977 bits per heavy atom. The normalized spacial score (nSPS) is 21.8. The first-order valence-electron chi connectivity index (χ1n) is 14.5. The molecule has 5 aliphatic rings. The predicted molar refractivity (Wildman–Crippen MR) is 166 cm³/mol. The fourth-order valence-electron chi connectivity index (χ4n) is 6.23. The third-order valence-electron chi connectivity index (χ3n) is 9.24. The van der Waals surface area contributed by atoms with Gasteiger partial charge in [-0.1, -0.05) is 35.3 Å². The molecule has 2 aromatic rings. The van der Waals surface area contributed by atoms with E-state index in [9.17, 15) is 18.0 Å². The maximum absolute atomic E-state index is 14.2. The van der Waals surface area contributed by atoms with E-state index in [2.05, 4.69) is 20.6 Å². The third kappa shape index (κ3) is 4.95. The van der Waals surface area contributed by atoms with Crippen LogP contribution in [-0.2, 0) is 24.8 Å². The van der Waals surface area contributed by atoms with Crippen molar-refractivity contribution in [2.45, 2.75) is 59.4 Å². The lowest BCUT2D eigenvalue weighted by molar-refractivity contribution is -0.140. The second-order valence-electron chi connectivity index (χ2n) is 11.9. The Morgan fingerprint density at radius 2 is 1.70 bits per heavy atom. The smallest absolute Gasteiger partial charge is 0.244 e. The number of imidazole rings is 1. The van der Waals surface area contributed by atoms with Crippen LogP contribution in [0.5, 0.6) is 0 Å². The molecule has 10 nitrogen and oxygen atoms in total. The number of aromatic nitrogens is 3. The highest BCUT2D eigenvalue weighted by molar-refractivity contribution is 7.92. The maximum atomic E-state index is 14.2. The van der Waals surface area contributed by atoms with Crippen molar-refractivity contribution in [3.8, 4) is 17.1 Å². The van der Waals surface area contributed by atoms with E-state index < -0.39 is 32.2 Å². The number of nitrogens with one attached hydrogen (secondary N) is 2. The summed E-state index contributed by atoms with van der Waals surface area (Å²) in [5, 5.41) is 5.76. The molecule has 3 aliphatic heterocycles. The lowest BCUT2D eigenvalue weighted by Gasteiger charge is -2.30. The Labute approximate surface area is 265 Å². The minimum absolute atomic E-state index is 0.0322. The number of likely N-dealkylation sites (tertiary alicyclic amines) is 1.